The van der Waals surface area contributed by atoms with E-state index < -0.39 is 0 Å². The van der Waals surface area contributed by atoms with Gasteiger partial charge < -0.3 is 4.90 Å². The quantitative estimate of drug-likeness (QED) is 0.131. The molecule has 0 spiro atoms. The lowest BCUT2D eigenvalue weighted by molar-refractivity contribution is 1.30. The molecule has 13 aromatic carbocycles. The van der Waals surface area contributed by atoms with Gasteiger partial charge in [0, 0.05) is 16.6 Å². The zero-order valence-corrected chi connectivity index (χ0v) is 39.1. The maximum Gasteiger partial charge on any atom is 0.0540 e. The Labute approximate surface area is 414 Å². The number of para-hydroxylation sites is 1. The van der Waals surface area contributed by atoms with E-state index in [1.165, 1.54) is 98.7 Å². The Kier molecular flexibility index (Phi) is 10.6. The fourth-order valence-corrected chi connectivity index (χ4v) is 11.0. The molecule has 13 rings (SSSR count). The van der Waals surface area contributed by atoms with E-state index in [-0.39, 0.29) is 0 Å². The molecule has 0 radical (unpaired) electrons. The van der Waals surface area contributed by atoms with Crippen LogP contribution >= 0.6 is 0 Å². The molecule has 0 fully saturated rings. The van der Waals surface area contributed by atoms with E-state index in [4.69, 9.17) is 0 Å². The fourth-order valence-electron chi connectivity index (χ4n) is 11.0. The number of anilines is 3. The maximum absolute atomic E-state index is 2.47. The Hall–Kier alpha value is -9.30. The Bertz CT molecular complexity index is 4060. The molecule has 0 aromatic heterocycles. The first kappa shape index (κ1) is 41.9. The first-order valence-corrected chi connectivity index (χ1v) is 24.5. The number of hydrogen-bond acceptors (Lipinski definition) is 1. The third-order valence-corrected chi connectivity index (χ3v) is 14.3. The summed E-state index contributed by atoms with van der Waals surface area (Å²) < 4.78 is 0. The molecule has 0 aliphatic heterocycles. The third kappa shape index (κ3) is 7.53. The summed E-state index contributed by atoms with van der Waals surface area (Å²) in [6.07, 6.45) is 0. The summed E-state index contributed by atoms with van der Waals surface area (Å²) in [5.41, 5.74) is 17.7. The van der Waals surface area contributed by atoms with Crippen molar-refractivity contribution in [3.8, 4) is 66.8 Å². The molecule has 0 unspecified atom stereocenters. The largest absolute Gasteiger partial charge is 0.309 e. The summed E-state index contributed by atoms with van der Waals surface area (Å²) in [6.45, 7) is 0. The van der Waals surface area contributed by atoms with Crippen LogP contribution in [0.1, 0.15) is 0 Å². The van der Waals surface area contributed by atoms with Gasteiger partial charge in [-0.1, -0.05) is 255 Å². The van der Waals surface area contributed by atoms with Gasteiger partial charge in [-0.25, -0.2) is 0 Å². The summed E-state index contributed by atoms with van der Waals surface area (Å²) in [5, 5.41) is 9.86. The Morgan fingerprint density at radius 1 is 0.197 bits per heavy atom. The van der Waals surface area contributed by atoms with Gasteiger partial charge in [0.15, 0.2) is 0 Å². The van der Waals surface area contributed by atoms with Gasteiger partial charge in [-0.3, -0.25) is 0 Å². The second-order valence-electron chi connectivity index (χ2n) is 18.3. The maximum atomic E-state index is 2.47. The second kappa shape index (κ2) is 18.0. The summed E-state index contributed by atoms with van der Waals surface area (Å²) in [4.78, 5) is 2.47. The Morgan fingerprint density at radius 2 is 0.648 bits per heavy atom. The molecule has 0 saturated heterocycles. The minimum Gasteiger partial charge on any atom is -0.309 e. The van der Waals surface area contributed by atoms with Crippen LogP contribution in [0, 0.1) is 0 Å². The standard InChI is InChI=1S/C70H47N/c1-4-19-50(20-5-1)59-45-46-68(64-31-14-12-29-61(59)64)71(56-42-39-49(40-43-56)48-35-37-52(38-36-48)58-33-18-26-51-21-10-11-27-57(51)58)67-34-17-16-28-60(67)55-41-44-63-62-30-13-15-32-65(62)69(53-22-6-2-7-23-53)70(66(63)47-55)54-24-8-3-9-25-54/h1-47H. The number of hydrogen-bond donors (Lipinski definition) is 0. The molecule has 0 bridgehead atoms. The van der Waals surface area contributed by atoms with Crippen molar-refractivity contribution in [1.82, 2.24) is 0 Å². The third-order valence-electron chi connectivity index (χ3n) is 14.3. The average Bonchev–Trinajstić information content (AvgIpc) is 3.45. The highest BCUT2D eigenvalue weighted by molar-refractivity contribution is 6.22. The highest BCUT2D eigenvalue weighted by Gasteiger charge is 2.23. The number of benzene rings is 13. The highest BCUT2D eigenvalue weighted by Crippen LogP contribution is 2.49. The van der Waals surface area contributed by atoms with Crippen LogP contribution in [0.4, 0.5) is 17.1 Å². The minimum absolute atomic E-state index is 1.08. The summed E-state index contributed by atoms with van der Waals surface area (Å²) in [6, 6.07) is 104. The smallest absolute Gasteiger partial charge is 0.0540 e. The molecule has 0 saturated carbocycles. The van der Waals surface area contributed by atoms with E-state index >= 15 is 0 Å². The summed E-state index contributed by atoms with van der Waals surface area (Å²) in [7, 11) is 0. The van der Waals surface area contributed by atoms with Crippen molar-refractivity contribution in [3.63, 3.8) is 0 Å². The van der Waals surface area contributed by atoms with E-state index in [0.717, 1.165) is 28.2 Å². The SMILES string of the molecule is c1ccc(-c2ccc(N(c3ccc(-c4ccc(-c5cccc6ccccc56)cc4)cc3)c3ccccc3-c3ccc4c(c3)c(-c3ccccc3)c(-c3ccccc3)c3ccccc34)c3ccccc23)cc1. The van der Waals surface area contributed by atoms with Crippen LogP contribution in [0.2, 0.25) is 0 Å². The second-order valence-corrected chi connectivity index (χ2v) is 18.3. The highest BCUT2D eigenvalue weighted by atomic mass is 15.1. The lowest BCUT2D eigenvalue weighted by Gasteiger charge is -2.30. The lowest BCUT2D eigenvalue weighted by Crippen LogP contribution is -2.12. The Morgan fingerprint density at radius 3 is 1.35 bits per heavy atom. The molecule has 0 amide bonds. The molecule has 0 aliphatic carbocycles. The molecule has 0 heterocycles. The monoisotopic (exact) mass is 901 g/mol. The number of fused-ring (bicyclic) bond motifs is 5. The average molecular weight is 902 g/mol. The first-order chi connectivity index (χ1) is 35.2. The molecular weight excluding hydrogens is 855 g/mol. The van der Waals surface area contributed by atoms with Crippen molar-refractivity contribution >= 4 is 60.2 Å². The van der Waals surface area contributed by atoms with E-state index in [9.17, 15) is 0 Å². The van der Waals surface area contributed by atoms with Crippen LogP contribution in [0.3, 0.4) is 0 Å². The van der Waals surface area contributed by atoms with Gasteiger partial charge in [0.25, 0.3) is 0 Å². The summed E-state index contributed by atoms with van der Waals surface area (Å²) in [5.74, 6) is 0. The van der Waals surface area contributed by atoms with Crippen molar-refractivity contribution in [3.05, 3.63) is 285 Å². The molecule has 0 atom stereocenters. The van der Waals surface area contributed by atoms with Crippen molar-refractivity contribution in [1.29, 1.82) is 0 Å². The molecule has 332 valence electrons. The van der Waals surface area contributed by atoms with Crippen LogP contribution in [-0.2, 0) is 0 Å². The predicted molar refractivity (Wildman–Crippen MR) is 304 cm³/mol. The van der Waals surface area contributed by atoms with Gasteiger partial charge in [0.2, 0.25) is 0 Å². The van der Waals surface area contributed by atoms with Gasteiger partial charge in [0.05, 0.1) is 11.4 Å². The van der Waals surface area contributed by atoms with E-state index in [0.29, 0.717) is 0 Å². The topological polar surface area (TPSA) is 3.24 Å². The van der Waals surface area contributed by atoms with Crippen molar-refractivity contribution in [2.75, 3.05) is 4.90 Å². The van der Waals surface area contributed by atoms with Crippen LogP contribution < -0.4 is 4.90 Å². The van der Waals surface area contributed by atoms with E-state index in [1.54, 1.807) is 0 Å². The molecule has 13 aromatic rings. The number of rotatable bonds is 9. The Balaban J connectivity index is 0.995. The minimum atomic E-state index is 1.08. The zero-order chi connectivity index (χ0) is 47.1. The van der Waals surface area contributed by atoms with Crippen LogP contribution in [0.5, 0.6) is 0 Å². The van der Waals surface area contributed by atoms with Crippen LogP contribution in [0.15, 0.2) is 285 Å². The lowest BCUT2D eigenvalue weighted by atomic mass is 9.84. The van der Waals surface area contributed by atoms with E-state index in [2.05, 4.69) is 290 Å². The van der Waals surface area contributed by atoms with Gasteiger partial charge in [-0.15, -0.1) is 0 Å². The molecule has 0 N–H and O–H groups in total. The van der Waals surface area contributed by atoms with Crippen LogP contribution in [-0.4, -0.2) is 0 Å². The molecule has 1 nitrogen and oxygen atoms in total. The molecule has 1 heteroatoms. The van der Waals surface area contributed by atoms with Crippen molar-refractivity contribution < 1.29 is 0 Å². The van der Waals surface area contributed by atoms with Gasteiger partial charge in [0.1, 0.15) is 0 Å². The van der Waals surface area contributed by atoms with E-state index in [1.807, 2.05) is 0 Å². The summed E-state index contributed by atoms with van der Waals surface area (Å²) >= 11 is 0. The molecular formula is C70H47N. The van der Waals surface area contributed by atoms with Crippen molar-refractivity contribution in [2.24, 2.45) is 0 Å². The first-order valence-electron chi connectivity index (χ1n) is 24.5. The normalized spacial score (nSPS) is 11.4. The number of nitrogens with zero attached hydrogens (tertiary/aromatic N) is 1. The molecule has 0 aliphatic rings. The fraction of sp³-hybridized carbons (Fsp3) is 0. The van der Waals surface area contributed by atoms with Crippen molar-refractivity contribution in [2.45, 2.75) is 0 Å². The van der Waals surface area contributed by atoms with Crippen LogP contribution in [0.25, 0.3) is 110 Å². The zero-order valence-electron chi connectivity index (χ0n) is 39.1. The predicted octanol–water partition coefficient (Wildman–Crippen LogP) is 19.8. The van der Waals surface area contributed by atoms with Gasteiger partial charge in [-0.05, 0) is 129 Å². The molecule has 71 heavy (non-hydrogen) atoms. The van der Waals surface area contributed by atoms with Gasteiger partial charge >= 0.3 is 0 Å². The van der Waals surface area contributed by atoms with Gasteiger partial charge in [-0.2, -0.15) is 0 Å².